The van der Waals surface area contributed by atoms with Gasteiger partial charge >= 0.3 is 0 Å². The molecule has 3 atom stereocenters. The number of nitrogens with one attached hydrogen (secondary N) is 3. The molecule has 2 rings (SSSR count). The van der Waals surface area contributed by atoms with Crippen molar-refractivity contribution in [2.75, 3.05) is 26.8 Å². The second-order valence-corrected chi connectivity index (χ2v) is 6.49. The van der Waals surface area contributed by atoms with Gasteiger partial charge in [-0.15, -0.1) is 0 Å². The second-order valence-electron chi connectivity index (χ2n) is 6.49. The van der Waals surface area contributed by atoms with Crippen LogP contribution in [0.4, 0.5) is 0 Å². The number of methoxy groups -OCH3 is 1. The number of hydrogen-bond donors (Lipinski definition) is 3. The number of fused-ring (bicyclic) bond motifs is 2. The standard InChI is InChI=1S/C16H26N4O5/c1-10-15(23)19-12(9-25-2)16(24)18-11-4-3-7-20(8-11)14(22)6-5-13(21)17-10/h10-12H,3-9H2,1-2H3,(H,17,21)(H,18,24)(H,19,23). The van der Waals surface area contributed by atoms with E-state index in [1.807, 2.05) is 0 Å². The molecule has 0 aromatic heterocycles. The first-order chi connectivity index (χ1) is 11.9. The van der Waals surface area contributed by atoms with Crippen LogP contribution in [0.3, 0.4) is 0 Å². The van der Waals surface area contributed by atoms with Gasteiger partial charge in [0.15, 0.2) is 0 Å². The van der Waals surface area contributed by atoms with E-state index in [0.717, 1.165) is 12.8 Å². The van der Waals surface area contributed by atoms with Crippen molar-refractivity contribution in [3.8, 4) is 0 Å². The summed E-state index contributed by atoms with van der Waals surface area (Å²) in [5.41, 5.74) is 0. The summed E-state index contributed by atoms with van der Waals surface area (Å²) >= 11 is 0. The van der Waals surface area contributed by atoms with Gasteiger partial charge in [-0.25, -0.2) is 0 Å². The fourth-order valence-electron chi connectivity index (χ4n) is 3.03. The van der Waals surface area contributed by atoms with Gasteiger partial charge in [0.1, 0.15) is 12.1 Å². The molecule has 0 aromatic rings. The molecule has 2 heterocycles. The summed E-state index contributed by atoms with van der Waals surface area (Å²) in [5.74, 6) is -1.31. The highest BCUT2D eigenvalue weighted by molar-refractivity contribution is 5.92. The lowest BCUT2D eigenvalue weighted by atomic mass is 10.0. The highest BCUT2D eigenvalue weighted by Crippen LogP contribution is 2.12. The quantitative estimate of drug-likeness (QED) is 0.559. The summed E-state index contributed by atoms with van der Waals surface area (Å²) in [5, 5.41) is 8.03. The Kier molecular flexibility index (Phi) is 6.74. The predicted molar refractivity (Wildman–Crippen MR) is 88.4 cm³/mol. The Morgan fingerprint density at radius 2 is 1.84 bits per heavy atom. The number of rotatable bonds is 2. The molecule has 0 radical (unpaired) electrons. The lowest BCUT2D eigenvalue weighted by Gasteiger charge is -2.34. The zero-order valence-electron chi connectivity index (χ0n) is 14.7. The highest BCUT2D eigenvalue weighted by atomic mass is 16.5. The van der Waals surface area contributed by atoms with E-state index in [1.54, 1.807) is 4.90 Å². The van der Waals surface area contributed by atoms with Crippen LogP contribution < -0.4 is 16.0 Å². The number of carbonyl (C=O) groups is 4. The molecule has 0 saturated carbocycles. The first-order valence-corrected chi connectivity index (χ1v) is 8.57. The minimum atomic E-state index is -0.856. The van der Waals surface area contributed by atoms with E-state index >= 15 is 0 Å². The molecule has 4 amide bonds. The van der Waals surface area contributed by atoms with Crippen LogP contribution in [0.2, 0.25) is 0 Å². The molecule has 9 nitrogen and oxygen atoms in total. The summed E-state index contributed by atoms with van der Waals surface area (Å²) in [6.07, 6.45) is 1.67. The normalized spacial score (nSPS) is 29.4. The largest absolute Gasteiger partial charge is 0.382 e. The molecule has 2 fully saturated rings. The van der Waals surface area contributed by atoms with Crippen molar-refractivity contribution in [3.05, 3.63) is 0 Å². The minimum absolute atomic E-state index is 0.0214. The van der Waals surface area contributed by atoms with Gasteiger partial charge in [0.2, 0.25) is 23.6 Å². The first-order valence-electron chi connectivity index (χ1n) is 8.57. The van der Waals surface area contributed by atoms with E-state index in [0.29, 0.717) is 13.1 Å². The number of ether oxygens (including phenoxy) is 1. The highest BCUT2D eigenvalue weighted by Gasteiger charge is 2.30. The van der Waals surface area contributed by atoms with E-state index in [2.05, 4.69) is 16.0 Å². The lowest BCUT2D eigenvalue weighted by Crippen LogP contribution is -2.58. The third-order valence-electron chi connectivity index (χ3n) is 4.42. The van der Waals surface area contributed by atoms with Crippen LogP contribution in [0.25, 0.3) is 0 Å². The van der Waals surface area contributed by atoms with Crippen LogP contribution in [0.5, 0.6) is 0 Å². The van der Waals surface area contributed by atoms with E-state index in [9.17, 15) is 19.2 Å². The maximum Gasteiger partial charge on any atom is 0.245 e. The molecule has 25 heavy (non-hydrogen) atoms. The molecule has 3 N–H and O–H groups in total. The van der Waals surface area contributed by atoms with E-state index < -0.39 is 18.0 Å². The molecule has 3 unspecified atom stereocenters. The Morgan fingerprint density at radius 1 is 1.08 bits per heavy atom. The van der Waals surface area contributed by atoms with Gasteiger partial charge in [0.05, 0.1) is 6.61 Å². The number of piperidine rings is 1. The van der Waals surface area contributed by atoms with Crippen LogP contribution in [-0.4, -0.2) is 73.5 Å². The zero-order valence-corrected chi connectivity index (χ0v) is 14.7. The average molecular weight is 354 g/mol. The number of nitrogens with zero attached hydrogens (tertiary/aromatic N) is 1. The van der Waals surface area contributed by atoms with Gasteiger partial charge in [0.25, 0.3) is 0 Å². The summed E-state index contributed by atoms with van der Waals surface area (Å²) < 4.78 is 5.02. The summed E-state index contributed by atoms with van der Waals surface area (Å²) in [4.78, 5) is 50.6. The SMILES string of the molecule is COCC1NC(=O)C(C)NC(=O)CCC(=O)N2CCCC(C2)NC1=O. The minimum Gasteiger partial charge on any atom is -0.382 e. The second kappa shape index (κ2) is 8.80. The topological polar surface area (TPSA) is 117 Å². The van der Waals surface area contributed by atoms with Crippen LogP contribution in [0, 0.1) is 0 Å². The van der Waals surface area contributed by atoms with Crippen molar-refractivity contribution < 1.29 is 23.9 Å². The van der Waals surface area contributed by atoms with Crippen molar-refractivity contribution in [1.82, 2.24) is 20.9 Å². The summed E-state index contributed by atoms with van der Waals surface area (Å²) in [6.45, 7) is 2.59. The molecule has 2 aliphatic rings. The Hall–Kier alpha value is -2.16. The Balaban J connectivity index is 2.16. The van der Waals surface area contributed by atoms with E-state index in [4.69, 9.17) is 4.74 Å². The fourth-order valence-corrected chi connectivity index (χ4v) is 3.03. The van der Waals surface area contributed by atoms with Crippen LogP contribution in [0.1, 0.15) is 32.6 Å². The van der Waals surface area contributed by atoms with Gasteiger partial charge < -0.3 is 25.6 Å². The van der Waals surface area contributed by atoms with Gasteiger partial charge in [-0.1, -0.05) is 0 Å². The van der Waals surface area contributed by atoms with Crippen molar-refractivity contribution in [3.63, 3.8) is 0 Å². The van der Waals surface area contributed by atoms with Gasteiger partial charge in [-0.2, -0.15) is 0 Å². The maximum atomic E-state index is 12.5. The summed E-state index contributed by atoms with van der Waals surface area (Å²) in [6, 6.07) is -1.83. The van der Waals surface area contributed by atoms with Crippen molar-refractivity contribution in [2.45, 2.75) is 50.7 Å². The van der Waals surface area contributed by atoms with Crippen LogP contribution >= 0.6 is 0 Å². The third-order valence-corrected chi connectivity index (χ3v) is 4.42. The van der Waals surface area contributed by atoms with Crippen molar-refractivity contribution >= 4 is 23.6 Å². The molecule has 0 aromatic carbocycles. The molecule has 9 heteroatoms. The Bertz CT molecular complexity index is 539. The van der Waals surface area contributed by atoms with Crippen LogP contribution in [-0.2, 0) is 23.9 Å². The third kappa shape index (κ3) is 5.42. The molecule has 0 spiro atoms. The lowest BCUT2D eigenvalue weighted by molar-refractivity contribution is -0.137. The Morgan fingerprint density at radius 3 is 2.56 bits per heavy atom. The van der Waals surface area contributed by atoms with Gasteiger partial charge in [-0.3, -0.25) is 19.2 Å². The average Bonchev–Trinajstić information content (AvgIpc) is 2.58. The van der Waals surface area contributed by atoms with Crippen molar-refractivity contribution in [1.29, 1.82) is 0 Å². The first kappa shape index (κ1) is 19.2. The smallest absolute Gasteiger partial charge is 0.245 e. The molecule has 2 aliphatic heterocycles. The molecule has 2 bridgehead atoms. The van der Waals surface area contributed by atoms with Crippen LogP contribution in [0.15, 0.2) is 0 Å². The fraction of sp³-hybridized carbons (Fsp3) is 0.750. The molecule has 2 saturated heterocycles. The molecule has 140 valence electrons. The monoisotopic (exact) mass is 354 g/mol. The summed E-state index contributed by atoms with van der Waals surface area (Å²) in [7, 11) is 1.44. The zero-order chi connectivity index (χ0) is 18.4. The van der Waals surface area contributed by atoms with Gasteiger partial charge in [-0.05, 0) is 19.8 Å². The maximum absolute atomic E-state index is 12.5. The van der Waals surface area contributed by atoms with Gasteiger partial charge in [0, 0.05) is 39.1 Å². The van der Waals surface area contributed by atoms with E-state index in [1.165, 1.54) is 14.0 Å². The molecular weight excluding hydrogens is 328 g/mol. The molecular formula is C16H26N4O5. The van der Waals surface area contributed by atoms with Crippen molar-refractivity contribution in [2.24, 2.45) is 0 Å². The van der Waals surface area contributed by atoms with E-state index in [-0.39, 0.29) is 43.2 Å². The number of amides is 4. The Labute approximate surface area is 146 Å². The number of carbonyl (C=O) groups excluding carboxylic acids is 4. The predicted octanol–water partition coefficient (Wildman–Crippen LogP) is -1.48. The molecule has 0 aliphatic carbocycles. The number of hydrogen-bond acceptors (Lipinski definition) is 5.